The first-order chi connectivity index (χ1) is 12.5. The van der Waals surface area contributed by atoms with Gasteiger partial charge < -0.3 is 15.0 Å². The maximum atomic E-state index is 12.8. The largest absolute Gasteiger partial charge is 0.385 e. The lowest BCUT2D eigenvalue weighted by molar-refractivity contribution is -0.0212. The van der Waals surface area contributed by atoms with E-state index in [4.69, 9.17) is 23.2 Å². The number of amides is 1. The maximum absolute atomic E-state index is 12.8. The van der Waals surface area contributed by atoms with Gasteiger partial charge in [0, 0.05) is 34.0 Å². The minimum Gasteiger partial charge on any atom is -0.385 e. The van der Waals surface area contributed by atoms with E-state index in [2.05, 4.69) is 4.98 Å². The summed E-state index contributed by atoms with van der Waals surface area (Å²) in [6.07, 6.45) is 0.975. The van der Waals surface area contributed by atoms with Gasteiger partial charge in [-0.25, -0.2) is 0 Å². The molecule has 0 bridgehead atoms. The fourth-order valence-corrected chi connectivity index (χ4v) is 3.89. The van der Waals surface area contributed by atoms with Crippen LogP contribution in [0.25, 0.3) is 10.9 Å². The Morgan fingerprint density at radius 3 is 2.42 bits per heavy atom. The second kappa shape index (κ2) is 6.62. The summed E-state index contributed by atoms with van der Waals surface area (Å²) in [6, 6.07) is 14.6. The Bertz CT molecular complexity index is 958. The van der Waals surface area contributed by atoms with Crippen molar-refractivity contribution in [2.75, 3.05) is 13.1 Å². The normalized spacial score (nSPS) is 16.8. The lowest BCUT2D eigenvalue weighted by atomic mass is 9.84. The van der Waals surface area contributed by atoms with Crippen molar-refractivity contribution in [1.29, 1.82) is 0 Å². The number of piperidine rings is 1. The number of fused-ring (bicyclic) bond motifs is 1. The molecule has 0 radical (unpaired) electrons. The number of halogens is 2. The highest BCUT2D eigenvalue weighted by molar-refractivity contribution is 6.35. The van der Waals surface area contributed by atoms with Crippen molar-refractivity contribution >= 4 is 40.0 Å². The molecule has 1 saturated heterocycles. The molecule has 6 heteroatoms. The molecule has 0 saturated carbocycles. The van der Waals surface area contributed by atoms with E-state index >= 15 is 0 Å². The molecule has 26 heavy (non-hydrogen) atoms. The van der Waals surface area contributed by atoms with Gasteiger partial charge in [0.05, 0.1) is 5.60 Å². The molecule has 0 aliphatic carbocycles. The fraction of sp³-hybridized carbons (Fsp3) is 0.250. The molecule has 3 aromatic rings. The summed E-state index contributed by atoms with van der Waals surface area (Å²) in [5.41, 5.74) is 1.28. The molecule has 4 nitrogen and oxygen atoms in total. The third kappa shape index (κ3) is 3.09. The number of aromatic nitrogens is 1. The Morgan fingerprint density at radius 2 is 1.77 bits per heavy atom. The molecule has 1 fully saturated rings. The van der Waals surface area contributed by atoms with E-state index in [1.165, 1.54) is 0 Å². The number of benzene rings is 2. The summed E-state index contributed by atoms with van der Waals surface area (Å²) in [7, 11) is 0. The highest BCUT2D eigenvalue weighted by Crippen LogP contribution is 2.34. The van der Waals surface area contributed by atoms with Gasteiger partial charge in [0.1, 0.15) is 5.69 Å². The van der Waals surface area contributed by atoms with Gasteiger partial charge in [-0.2, -0.15) is 0 Å². The molecule has 2 heterocycles. The minimum atomic E-state index is -0.925. The van der Waals surface area contributed by atoms with Crippen molar-refractivity contribution in [2.45, 2.75) is 18.4 Å². The quantitative estimate of drug-likeness (QED) is 0.673. The Hall–Kier alpha value is -2.01. The van der Waals surface area contributed by atoms with Crippen LogP contribution in [0.5, 0.6) is 0 Å². The van der Waals surface area contributed by atoms with Crippen molar-refractivity contribution < 1.29 is 9.90 Å². The fourth-order valence-electron chi connectivity index (χ4n) is 3.53. The van der Waals surface area contributed by atoms with Crippen molar-refractivity contribution in [1.82, 2.24) is 9.88 Å². The van der Waals surface area contributed by atoms with Crippen molar-refractivity contribution in [3.8, 4) is 0 Å². The second-order valence-corrected chi connectivity index (χ2v) is 7.56. The Labute approximate surface area is 161 Å². The number of hydrogen-bond acceptors (Lipinski definition) is 2. The molecule has 1 amide bonds. The van der Waals surface area contributed by atoms with Gasteiger partial charge in [0.2, 0.25) is 0 Å². The first-order valence-electron chi connectivity index (χ1n) is 8.51. The number of rotatable bonds is 2. The van der Waals surface area contributed by atoms with Crippen LogP contribution in [-0.2, 0) is 5.60 Å². The highest BCUT2D eigenvalue weighted by atomic mass is 35.5. The number of hydrogen-bond donors (Lipinski definition) is 2. The number of aromatic amines is 1. The maximum Gasteiger partial charge on any atom is 0.270 e. The highest BCUT2D eigenvalue weighted by Gasteiger charge is 2.35. The number of H-pyrrole nitrogens is 1. The van der Waals surface area contributed by atoms with Gasteiger partial charge in [-0.05, 0) is 48.7 Å². The van der Waals surface area contributed by atoms with Gasteiger partial charge >= 0.3 is 0 Å². The van der Waals surface area contributed by atoms with Crippen LogP contribution in [0.3, 0.4) is 0 Å². The monoisotopic (exact) mass is 388 g/mol. The van der Waals surface area contributed by atoms with Crippen LogP contribution in [-0.4, -0.2) is 34.0 Å². The number of nitrogens with zero attached hydrogens (tertiary/aromatic N) is 1. The van der Waals surface area contributed by atoms with Crippen LogP contribution < -0.4 is 0 Å². The zero-order valence-electron chi connectivity index (χ0n) is 14.0. The topological polar surface area (TPSA) is 56.3 Å². The van der Waals surface area contributed by atoms with Crippen LogP contribution in [0.1, 0.15) is 28.9 Å². The summed E-state index contributed by atoms with van der Waals surface area (Å²) in [5, 5.41) is 13.0. The van der Waals surface area contributed by atoms with E-state index < -0.39 is 5.60 Å². The molecule has 4 rings (SSSR count). The summed E-state index contributed by atoms with van der Waals surface area (Å²) >= 11 is 12.1. The van der Waals surface area contributed by atoms with E-state index in [0.717, 1.165) is 16.5 Å². The van der Waals surface area contributed by atoms with Gasteiger partial charge in [0.25, 0.3) is 5.91 Å². The van der Waals surface area contributed by atoms with Crippen LogP contribution >= 0.6 is 23.2 Å². The smallest absolute Gasteiger partial charge is 0.270 e. The summed E-state index contributed by atoms with van der Waals surface area (Å²) in [4.78, 5) is 17.7. The Kier molecular flexibility index (Phi) is 4.43. The molecule has 2 N–H and O–H groups in total. The molecule has 0 atom stereocenters. The lowest BCUT2D eigenvalue weighted by Gasteiger charge is -2.38. The number of aliphatic hydroxyl groups is 1. The predicted molar refractivity (Wildman–Crippen MR) is 104 cm³/mol. The number of carbonyl (C=O) groups excluding carboxylic acids is 1. The molecular weight excluding hydrogens is 371 g/mol. The standard InChI is InChI=1S/C20H18Cl2N2O2/c21-14-6-4-13(5-7-14)20(26)8-10-24(11-9-20)19(25)18-12-15-16(22)2-1-3-17(15)23-18/h1-7,12,23,26H,8-11H2. The first kappa shape index (κ1) is 17.4. The molecule has 1 aliphatic rings. The Morgan fingerprint density at radius 1 is 1.08 bits per heavy atom. The predicted octanol–water partition coefficient (Wildman–Crippen LogP) is 4.60. The molecular formula is C20H18Cl2N2O2. The molecule has 0 unspecified atom stereocenters. The van der Waals surface area contributed by atoms with E-state index in [-0.39, 0.29) is 5.91 Å². The van der Waals surface area contributed by atoms with Crippen molar-refractivity contribution in [3.05, 3.63) is 69.8 Å². The number of likely N-dealkylation sites (tertiary alicyclic amines) is 1. The molecule has 134 valence electrons. The van der Waals surface area contributed by atoms with E-state index in [0.29, 0.717) is 41.7 Å². The van der Waals surface area contributed by atoms with Crippen LogP contribution in [0.4, 0.5) is 0 Å². The zero-order chi connectivity index (χ0) is 18.3. The van der Waals surface area contributed by atoms with Gasteiger partial charge in [0.15, 0.2) is 0 Å². The summed E-state index contributed by atoms with van der Waals surface area (Å²) < 4.78 is 0. The summed E-state index contributed by atoms with van der Waals surface area (Å²) in [6.45, 7) is 0.974. The first-order valence-corrected chi connectivity index (χ1v) is 9.27. The average molecular weight is 389 g/mol. The van der Waals surface area contributed by atoms with Gasteiger partial charge in [-0.3, -0.25) is 4.79 Å². The molecule has 0 spiro atoms. The third-order valence-corrected chi connectivity index (χ3v) is 5.68. The molecule has 1 aromatic heterocycles. The van der Waals surface area contributed by atoms with Crippen molar-refractivity contribution in [2.24, 2.45) is 0 Å². The minimum absolute atomic E-state index is 0.0737. The van der Waals surface area contributed by atoms with E-state index in [1.54, 1.807) is 29.2 Å². The third-order valence-electron chi connectivity index (χ3n) is 5.10. The van der Waals surface area contributed by atoms with Gasteiger partial charge in [-0.15, -0.1) is 0 Å². The zero-order valence-corrected chi connectivity index (χ0v) is 15.5. The van der Waals surface area contributed by atoms with Crippen molar-refractivity contribution in [3.63, 3.8) is 0 Å². The van der Waals surface area contributed by atoms with Crippen LogP contribution in [0.15, 0.2) is 48.5 Å². The molecule has 1 aliphatic heterocycles. The van der Waals surface area contributed by atoms with Gasteiger partial charge in [-0.1, -0.05) is 41.4 Å². The second-order valence-electron chi connectivity index (χ2n) is 6.71. The van der Waals surface area contributed by atoms with E-state index in [9.17, 15) is 9.90 Å². The number of nitrogens with one attached hydrogen (secondary N) is 1. The molecule has 2 aromatic carbocycles. The van der Waals surface area contributed by atoms with Crippen LogP contribution in [0, 0.1) is 0 Å². The average Bonchev–Trinajstić information content (AvgIpc) is 3.08. The SMILES string of the molecule is O=C(c1cc2c(Cl)cccc2[nH]1)N1CCC(O)(c2ccc(Cl)cc2)CC1. The number of carbonyl (C=O) groups is 1. The van der Waals surface area contributed by atoms with Crippen LogP contribution in [0.2, 0.25) is 10.0 Å². The lowest BCUT2D eigenvalue weighted by Crippen LogP contribution is -2.45. The Balaban J connectivity index is 1.51. The summed E-state index contributed by atoms with van der Waals surface area (Å²) in [5.74, 6) is -0.0737. The van der Waals surface area contributed by atoms with E-state index in [1.807, 2.05) is 24.3 Å².